The number of methoxy groups -OCH3 is 1. The highest BCUT2D eigenvalue weighted by Gasteiger charge is 2.21. The molecule has 0 aliphatic carbocycles. The van der Waals surface area contributed by atoms with Gasteiger partial charge < -0.3 is 24.7 Å². The summed E-state index contributed by atoms with van der Waals surface area (Å²) in [6.07, 6.45) is 1.59. The van der Waals surface area contributed by atoms with Gasteiger partial charge in [-0.3, -0.25) is 4.90 Å². The Kier molecular flexibility index (Phi) is 8.61. The molecule has 0 saturated carbocycles. The molecule has 0 amide bonds. The van der Waals surface area contributed by atoms with Crippen LogP contribution in [0, 0.1) is 5.82 Å². The molecule has 4 aromatic rings. The van der Waals surface area contributed by atoms with E-state index in [2.05, 4.69) is 25.6 Å². The highest BCUT2D eigenvalue weighted by molar-refractivity contribution is 6.31. The fourth-order valence-electron chi connectivity index (χ4n) is 4.58. The molecule has 0 radical (unpaired) electrons. The average molecular weight is 570 g/mol. The third-order valence-electron chi connectivity index (χ3n) is 6.54. The Morgan fingerprint density at radius 3 is 2.62 bits per heavy atom. The number of rotatable bonds is 10. The van der Waals surface area contributed by atoms with Gasteiger partial charge >= 0.3 is 0 Å². The van der Waals surface area contributed by atoms with Gasteiger partial charge in [0.25, 0.3) is 6.01 Å². The molecule has 0 bridgehead atoms. The first-order valence-electron chi connectivity index (χ1n) is 13.0. The molecule has 2 aromatic carbocycles. The number of piperazine rings is 1. The van der Waals surface area contributed by atoms with Crippen molar-refractivity contribution >= 4 is 34.9 Å². The van der Waals surface area contributed by atoms with Crippen LogP contribution in [0.4, 0.5) is 32.1 Å². The van der Waals surface area contributed by atoms with E-state index < -0.39 is 0 Å². The molecular weight excluding hydrogens is 540 g/mol. The van der Waals surface area contributed by atoms with Crippen LogP contribution >= 0.6 is 11.6 Å². The Labute approximate surface area is 236 Å². The Hall–Kier alpha value is -3.96. The van der Waals surface area contributed by atoms with E-state index in [9.17, 15) is 4.39 Å². The molecule has 1 fully saturated rings. The van der Waals surface area contributed by atoms with E-state index in [1.165, 1.54) is 6.07 Å². The minimum absolute atomic E-state index is 0.264. The lowest BCUT2D eigenvalue weighted by Gasteiger charge is -2.35. The van der Waals surface area contributed by atoms with E-state index in [-0.39, 0.29) is 18.4 Å². The van der Waals surface area contributed by atoms with Crippen LogP contribution in [0.1, 0.15) is 6.92 Å². The number of ether oxygens (including phenoxy) is 1. The second-order valence-corrected chi connectivity index (χ2v) is 9.62. The van der Waals surface area contributed by atoms with Crippen LogP contribution in [0.15, 0.2) is 53.1 Å². The smallest absolute Gasteiger partial charge is 0.295 e. The molecule has 0 unspecified atom stereocenters. The maximum atomic E-state index is 15.1. The van der Waals surface area contributed by atoms with E-state index >= 15 is 4.39 Å². The van der Waals surface area contributed by atoms with E-state index in [4.69, 9.17) is 20.8 Å². The van der Waals surface area contributed by atoms with Crippen molar-refractivity contribution in [2.75, 3.05) is 68.6 Å². The molecule has 12 heteroatoms. The SMILES string of the molecule is CCNc1nc(-c2cc(Cl)cc(OC)c2)c(-c2ccnc(Nc3ccc(N4CCN(CCF)CC4)c(F)c3)n2)o1. The average Bonchev–Trinajstić information content (AvgIpc) is 3.38. The van der Waals surface area contributed by atoms with Gasteiger partial charge in [-0.05, 0) is 49.4 Å². The van der Waals surface area contributed by atoms with Crippen molar-refractivity contribution in [3.8, 4) is 28.5 Å². The van der Waals surface area contributed by atoms with E-state index in [0.717, 1.165) is 0 Å². The summed E-state index contributed by atoms with van der Waals surface area (Å²) in [7, 11) is 1.57. The Morgan fingerprint density at radius 2 is 1.90 bits per heavy atom. The summed E-state index contributed by atoms with van der Waals surface area (Å²) in [6.45, 7) is 5.28. The number of halogens is 3. The van der Waals surface area contributed by atoms with Gasteiger partial charge in [0.15, 0.2) is 5.76 Å². The van der Waals surface area contributed by atoms with Crippen LogP contribution in [0.5, 0.6) is 5.75 Å². The third kappa shape index (κ3) is 6.26. The summed E-state index contributed by atoms with van der Waals surface area (Å²) < 4.78 is 39.1. The number of hydrogen-bond acceptors (Lipinski definition) is 9. The summed E-state index contributed by atoms with van der Waals surface area (Å²) >= 11 is 6.31. The van der Waals surface area contributed by atoms with Crippen molar-refractivity contribution < 1.29 is 17.9 Å². The van der Waals surface area contributed by atoms with Gasteiger partial charge in [-0.25, -0.2) is 18.7 Å². The zero-order valence-corrected chi connectivity index (χ0v) is 23.0. The van der Waals surface area contributed by atoms with Crippen molar-refractivity contribution in [3.63, 3.8) is 0 Å². The lowest BCUT2D eigenvalue weighted by molar-refractivity contribution is 0.235. The monoisotopic (exact) mass is 569 g/mol. The summed E-state index contributed by atoms with van der Waals surface area (Å²) in [6, 6.07) is 12.3. The second kappa shape index (κ2) is 12.5. The number of nitrogens with one attached hydrogen (secondary N) is 2. The van der Waals surface area contributed by atoms with Crippen molar-refractivity contribution in [2.45, 2.75) is 6.92 Å². The topological polar surface area (TPSA) is 91.6 Å². The summed E-state index contributed by atoms with van der Waals surface area (Å²) in [4.78, 5) is 17.5. The van der Waals surface area contributed by atoms with E-state index in [1.54, 1.807) is 43.6 Å². The summed E-state index contributed by atoms with van der Waals surface area (Å²) in [5.41, 5.74) is 2.72. The van der Waals surface area contributed by atoms with Crippen molar-refractivity contribution in [2.24, 2.45) is 0 Å². The van der Waals surface area contributed by atoms with Gasteiger partial charge in [-0.2, -0.15) is 4.98 Å². The first-order valence-corrected chi connectivity index (χ1v) is 13.4. The van der Waals surface area contributed by atoms with Crippen molar-refractivity contribution in [1.82, 2.24) is 19.9 Å². The van der Waals surface area contributed by atoms with Gasteiger partial charge in [0, 0.05) is 61.7 Å². The molecular formula is C28H30ClF2N7O2. The van der Waals surface area contributed by atoms with Gasteiger partial charge in [-0.1, -0.05) is 11.6 Å². The molecule has 210 valence electrons. The minimum Gasteiger partial charge on any atom is -0.497 e. The third-order valence-corrected chi connectivity index (χ3v) is 6.76. The standard InChI is InChI=1S/C28H30ClF2N7O2/c1-3-32-28-36-25(18-14-19(29)16-21(15-18)39-2)26(40-28)23-6-8-33-27(35-23)34-20-4-5-24(22(31)17-20)38-12-10-37(9-7-30)11-13-38/h4-6,8,14-17H,3,7,9-13H2,1-2H3,(H,32,36)(H,33,34,35). The fourth-order valence-corrected chi connectivity index (χ4v) is 4.81. The van der Waals surface area contributed by atoms with Crippen LogP contribution in [-0.4, -0.2) is 72.9 Å². The summed E-state index contributed by atoms with van der Waals surface area (Å²) in [5.74, 6) is 0.904. The lowest BCUT2D eigenvalue weighted by atomic mass is 10.1. The van der Waals surface area contributed by atoms with E-state index in [1.807, 2.05) is 22.8 Å². The quantitative estimate of drug-likeness (QED) is 0.243. The Morgan fingerprint density at radius 1 is 1.07 bits per heavy atom. The number of oxazole rings is 1. The molecule has 9 nitrogen and oxygen atoms in total. The molecule has 40 heavy (non-hydrogen) atoms. The zero-order valence-electron chi connectivity index (χ0n) is 22.3. The van der Waals surface area contributed by atoms with Crippen LogP contribution in [0.3, 0.4) is 0 Å². The first-order chi connectivity index (χ1) is 19.5. The highest BCUT2D eigenvalue weighted by Crippen LogP contribution is 2.37. The zero-order chi connectivity index (χ0) is 28.1. The molecule has 0 atom stereocenters. The van der Waals surface area contributed by atoms with Crippen molar-refractivity contribution in [1.29, 1.82) is 0 Å². The molecule has 5 rings (SSSR count). The van der Waals surface area contributed by atoms with Gasteiger partial charge in [-0.15, -0.1) is 0 Å². The van der Waals surface area contributed by atoms with Crippen LogP contribution < -0.4 is 20.3 Å². The minimum atomic E-state index is -0.373. The van der Waals surface area contributed by atoms with Crippen LogP contribution in [0.2, 0.25) is 5.02 Å². The van der Waals surface area contributed by atoms with Gasteiger partial charge in [0.05, 0.1) is 12.8 Å². The number of aromatic nitrogens is 3. The van der Waals surface area contributed by atoms with Gasteiger partial charge in [0.2, 0.25) is 5.95 Å². The number of anilines is 4. The van der Waals surface area contributed by atoms with Gasteiger partial charge in [0.1, 0.15) is 29.6 Å². The number of nitrogens with zero attached hydrogens (tertiary/aromatic N) is 5. The van der Waals surface area contributed by atoms with Crippen molar-refractivity contribution in [3.05, 3.63) is 59.5 Å². The number of alkyl halides is 1. The molecule has 1 aliphatic rings. The maximum Gasteiger partial charge on any atom is 0.295 e. The van der Waals surface area contributed by atoms with Crippen LogP contribution in [-0.2, 0) is 0 Å². The fraction of sp³-hybridized carbons (Fsp3) is 0.321. The normalized spacial score (nSPS) is 13.9. The predicted molar refractivity (Wildman–Crippen MR) is 153 cm³/mol. The summed E-state index contributed by atoms with van der Waals surface area (Å²) in [5, 5.41) is 6.66. The molecule has 0 spiro atoms. The lowest BCUT2D eigenvalue weighted by Crippen LogP contribution is -2.47. The molecule has 2 N–H and O–H groups in total. The number of benzene rings is 2. The Bertz CT molecular complexity index is 1460. The molecule has 3 heterocycles. The predicted octanol–water partition coefficient (Wildman–Crippen LogP) is 5.87. The molecule has 2 aromatic heterocycles. The van der Waals surface area contributed by atoms with E-state index in [0.29, 0.717) is 90.1 Å². The number of hydrogen-bond donors (Lipinski definition) is 2. The second-order valence-electron chi connectivity index (χ2n) is 9.18. The maximum absolute atomic E-state index is 15.1. The first kappa shape index (κ1) is 27.6. The molecule has 1 aliphatic heterocycles. The Balaban J connectivity index is 1.38. The largest absolute Gasteiger partial charge is 0.497 e. The van der Waals surface area contributed by atoms with Crippen LogP contribution in [0.25, 0.3) is 22.7 Å². The highest BCUT2D eigenvalue weighted by atomic mass is 35.5. The molecule has 1 saturated heterocycles.